The fourth-order valence-electron chi connectivity index (χ4n) is 2.40. The molecule has 29 heavy (non-hydrogen) atoms. The van der Waals surface area contributed by atoms with Crippen LogP contribution < -0.4 is 10.6 Å². The van der Waals surface area contributed by atoms with Crippen LogP contribution in [-0.4, -0.2) is 28.5 Å². The van der Waals surface area contributed by atoms with Crippen molar-refractivity contribution in [3.05, 3.63) is 77.8 Å². The van der Waals surface area contributed by atoms with Gasteiger partial charge in [-0.25, -0.2) is 23.5 Å². The maximum absolute atomic E-state index is 13.2. The Morgan fingerprint density at radius 3 is 2.52 bits per heavy atom. The van der Waals surface area contributed by atoms with E-state index in [-0.39, 0.29) is 18.0 Å². The second-order valence-electron chi connectivity index (χ2n) is 5.76. The zero-order chi connectivity index (χ0) is 20.8. The number of amides is 1. The highest BCUT2D eigenvalue weighted by atomic mass is 19.2. The predicted molar refractivity (Wildman–Crippen MR) is 102 cm³/mol. The van der Waals surface area contributed by atoms with Crippen molar-refractivity contribution in [1.29, 1.82) is 0 Å². The Morgan fingerprint density at radius 2 is 1.83 bits per heavy atom. The number of carbonyl (C=O) groups excluding carboxylic acids is 2. The van der Waals surface area contributed by atoms with Crippen molar-refractivity contribution in [1.82, 2.24) is 9.97 Å². The molecule has 0 radical (unpaired) electrons. The molecule has 0 saturated heterocycles. The third-order valence-electron chi connectivity index (χ3n) is 3.75. The summed E-state index contributed by atoms with van der Waals surface area (Å²) < 4.78 is 31.2. The molecule has 0 atom stereocenters. The molecule has 3 rings (SSSR count). The number of nitrogens with one attached hydrogen (secondary N) is 2. The third-order valence-corrected chi connectivity index (χ3v) is 3.75. The van der Waals surface area contributed by atoms with Crippen LogP contribution in [0.2, 0.25) is 0 Å². The first-order chi connectivity index (χ1) is 14.0. The largest absolute Gasteiger partial charge is 0.462 e. The summed E-state index contributed by atoms with van der Waals surface area (Å²) in [6, 6.07) is 9.73. The lowest BCUT2D eigenvalue weighted by Crippen LogP contribution is -2.14. The molecule has 3 aromatic rings. The molecule has 0 saturated carbocycles. The Hall–Kier alpha value is -3.88. The molecule has 0 aliphatic carbocycles. The van der Waals surface area contributed by atoms with E-state index in [0.29, 0.717) is 17.1 Å². The minimum absolute atomic E-state index is 0.0287. The molecule has 0 unspecified atom stereocenters. The van der Waals surface area contributed by atoms with E-state index in [0.717, 1.165) is 12.1 Å². The van der Waals surface area contributed by atoms with Gasteiger partial charge in [0.2, 0.25) is 0 Å². The standard InChI is InChI=1S/C20H16F2N4O3/c1-2-29-20(28)13-5-3-4-6-16(13)26-18-11-23-17(10-24-18)19(27)25-12-7-8-14(21)15(22)9-12/h3-11H,2H2,1H3,(H,24,26)(H,25,27). The van der Waals surface area contributed by atoms with Crippen LogP contribution in [0.1, 0.15) is 27.8 Å². The lowest BCUT2D eigenvalue weighted by atomic mass is 10.2. The summed E-state index contributed by atoms with van der Waals surface area (Å²) >= 11 is 0. The van der Waals surface area contributed by atoms with E-state index < -0.39 is 23.5 Å². The molecule has 2 aromatic carbocycles. The van der Waals surface area contributed by atoms with Gasteiger partial charge in [-0.05, 0) is 31.2 Å². The number of para-hydroxylation sites is 1. The molecule has 1 aromatic heterocycles. The summed E-state index contributed by atoms with van der Waals surface area (Å²) in [5.41, 5.74) is 0.857. The number of carbonyl (C=O) groups is 2. The second-order valence-corrected chi connectivity index (χ2v) is 5.76. The Labute approximate surface area is 164 Å². The van der Waals surface area contributed by atoms with E-state index >= 15 is 0 Å². The van der Waals surface area contributed by atoms with Crippen molar-refractivity contribution < 1.29 is 23.1 Å². The van der Waals surface area contributed by atoms with E-state index in [1.165, 1.54) is 18.5 Å². The van der Waals surface area contributed by atoms with Crippen molar-refractivity contribution in [3.63, 3.8) is 0 Å². The van der Waals surface area contributed by atoms with Crippen molar-refractivity contribution in [2.45, 2.75) is 6.92 Å². The van der Waals surface area contributed by atoms with Crippen molar-refractivity contribution in [2.75, 3.05) is 17.2 Å². The van der Waals surface area contributed by atoms with E-state index in [9.17, 15) is 18.4 Å². The van der Waals surface area contributed by atoms with Gasteiger partial charge in [0.1, 0.15) is 11.5 Å². The average Bonchev–Trinajstić information content (AvgIpc) is 2.72. The van der Waals surface area contributed by atoms with Gasteiger partial charge in [0.25, 0.3) is 5.91 Å². The molecular formula is C20H16F2N4O3. The number of ether oxygens (including phenoxy) is 1. The second kappa shape index (κ2) is 8.87. The lowest BCUT2D eigenvalue weighted by molar-refractivity contribution is 0.0527. The van der Waals surface area contributed by atoms with Gasteiger partial charge in [0.05, 0.1) is 30.3 Å². The lowest BCUT2D eigenvalue weighted by Gasteiger charge is -2.11. The van der Waals surface area contributed by atoms with Crippen molar-refractivity contribution in [3.8, 4) is 0 Å². The predicted octanol–water partition coefficient (Wildman–Crippen LogP) is 3.93. The van der Waals surface area contributed by atoms with Crippen LogP contribution in [0.3, 0.4) is 0 Å². The third kappa shape index (κ3) is 4.89. The van der Waals surface area contributed by atoms with E-state index in [4.69, 9.17) is 4.74 Å². The van der Waals surface area contributed by atoms with Crippen LogP contribution in [0, 0.1) is 11.6 Å². The summed E-state index contributed by atoms with van der Waals surface area (Å²) in [5.74, 6) is -2.91. The highest BCUT2D eigenvalue weighted by molar-refractivity contribution is 6.02. The molecule has 1 amide bonds. The molecule has 0 fully saturated rings. The fraction of sp³-hybridized carbons (Fsp3) is 0.100. The van der Waals surface area contributed by atoms with Gasteiger partial charge in [-0.1, -0.05) is 12.1 Å². The summed E-state index contributed by atoms with van der Waals surface area (Å²) in [6.07, 6.45) is 2.52. The Balaban J connectivity index is 1.71. The van der Waals surface area contributed by atoms with Crippen LogP contribution in [-0.2, 0) is 4.74 Å². The van der Waals surface area contributed by atoms with E-state index in [1.807, 2.05) is 0 Å². The minimum atomic E-state index is -1.08. The number of anilines is 3. The zero-order valence-electron chi connectivity index (χ0n) is 15.3. The molecule has 1 heterocycles. The van der Waals surface area contributed by atoms with Gasteiger partial charge in [-0.3, -0.25) is 4.79 Å². The van der Waals surface area contributed by atoms with E-state index in [2.05, 4.69) is 20.6 Å². The summed E-state index contributed by atoms with van der Waals surface area (Å²) in [4.78, 5) is 32.3. The number of nitrogens with zero attached hydrogens (tertiary/aromatic N) is 2. The first kappa shape index (κ1) is 19.9. The SMILES string of the molecule is CCOC(=O)c1ccccc1Nc1cnc(C(=O)Nc2ccc(F)c(F)c2)cn1. The quantitative estimate of drug-likeness (QED) is 0.611. The Bertz CT molecular complexity index is 1040. The summed E-state index contributed by atoms with van der Waals surface area (Å²) in [6.45, 7) is 1.96. The van der Waals surface area contributed by atoms with Gasteiger partial charge in [-0.15, -0.1) is 0 Å². The van der Waals surface area contributed by atoms with E-state index in [1.54, 1.807) is 31.2 Å². The number of hydrogen-bond donors (Lipinski definition) is 2. The first-order valence-electron chi connectivity index (χ1n) is 8.59. The molecular weight excluding hydrogens is 382 g/mol. The maximum atomic E-state index is 13.2. The smallest absolute Gasteiger partial charge is 0.340 e. The number of hydrogen-bond acceptors (Lipinski definition) is 6. The number of halogens is 2. The average molecular weight is 398 g/mol. The van der Waals surface area contributed by atoms with Crippen LogP contribution in [0.5, 0.6) is 0 Å². The van der Waals surface area contributed by atoms with Crippen molar-refractivity contribution in [2.24, 2.45) is 0 Å². The summed E-state index contributed by atoms with van der Waals surface area (Å²) in [7, 11) is 0. The normalized spacial score (nSPS) is 10.3. The monoisotopic (exact) mass is 398 g/mol. The summed E-state index contributed by atoms with van der Waals surface area (Å²) in [5, 5.41) is 5.35. The number of benzene rings is 2. The Morgan fingerprint density at radius 1 is 1.03 bits per heavy atom. The first-order valence-corrected chi connectivity index (χ1v) is 8.59. The molecule has 148 valence electrons. The van der Waals surface area contributed by atoms with Crippen LogP contribution in [0.4, 0.5) is 26.0 Å². The molecule has 7 nitrogen and oxygen atoms in total. The zero-order valence-corrected chi connectivity index (χ0v) is 15.3. The maximum Gasteiger partial charge on any atom is 0.340 e. The number of rotatable bonds is 6. The van der Waals surface area contributed by atoms with Crippen LogP contribution >= 0.6 is 0 Å². The van der Waals surface area contributed by atoms with Crippen molar-refractivity contribution >= 4 is 29.1 Å². The Kier molecular flexibility index (Phi) is 6.08. The number of esters is 1. The van der Waals surface area contributed by atoms with Gasteiger partial charge in [-0.2, -0.15) is 0 Å². The minimum Gasteiger partial charge on any atom is -0.462 e. The van der Waals surface area contributed by atoms with Crippen LogP contribution in [0.15, 0.2) is 54.9 Å². The molecule has 0 aliphatic heterocycles. The molecule has 2 N–H and O–H groups in total. The molecule has 9 heteroatoms. The number of aromatic nitrogens is 2. The highest BCUT2D eigenvalue weighted by Crippen LogP contribution is 2.20. The van der Waals surface area contributed by atoms with Gasteiger partial charge < -0.3 is 15.4 Å². The molecule has 0 spiro atoms. The topological polar surface area (TPSA) is 93.2 Å². The van der Waals surface area contributed by atoms with Gasteiger partial charge >= 0.3 is 5.97 Å². The highest BCUT2D eigenvalue weighted by Gasteiger charge is 2.14. The van der Waals surface area contributed by atoms with Gasteiger partial charge in [0.15, 0.2) is 11.6 Å². The fourth-order valence-corrected chi connectivity index (χ4v) is 2.40. The molecule has 0 aliphatic rings. The van der Waals surface area contributed by atoms with Crippen LogP contribution in [0.25, 0.3) is 0 Å². The van der Waals surface area contributed by atoms with Gasteiger partial charge in [0, 0.05) is 11.8 Å². The molecule has 0 bridgehead atoms.